The molecule has 2 atom stereocenters. The van der Waals surface area contributed by atoms with E-state index in [1.807, 2.05) is 0 Å². The average molecular weight is 310 g/mol. The summed E-state index contributed by atoms with van der Waals surface area (Å²) in [4.78, 5) is 11.4. The van der Waals surface area contributed by atoms with Gasteiger partial charge in [0.15, 0.2) is 0 Å². The Balaban J connectivity index is 2.69. The molecule has 0 aliphatic heterocycles. The topological polar surface area (TPSA) is 103 Å². The smallest absolute Gasteiger partial charge is 0.407 e. The van der Waals surface area contributed by atoms with Crippen molar-refractivity contribution < 1.29 is 24.1 Å². The second kappa shape index (κ2) is 7.20. The molecule has 0 aliphatic carbocycles. The Kier molecular flexibility index (Phi) is 5.85. The lowest BCUT2D eigenvalue weighted by Crippen LogP contribution is -2.39. The van der Waals surface area contributed by atoms with Gasteiger partial charge in [-0.05, 0) is 26.8 Å². The summed E-state index contributed by atoms with van der Waals surface area (Å²) in [7, 11) is 0. The largest absolute Gasteiger partial charge is 0.444 e. The number of alkyl carbamates (subject to hydrolysis) is 1. The van der Waals surface area contributed by atoms with Crippen LogP contribution in [0.3, 0.4) is 0 Å². The molecular weight excluding hydrogens is 291 g/mol. The second-order valence-corrected chi connectivity index (χ2v) is 5.72. The lowest BCUT2D eigenvalue weighted by atomic mass is 10.0. The Morgan fingerprint density at radius 1 is 1.45 bits per heavy atom. The van der Waals surface area contributed by atoms with Gasteiger partial charge < -0.3 is 20.3 Å². The van der Waals surface area contributed by atoms with Crippen LogP contribution < -0.4 is 5.32 Å². The molecule has 0 saturated heterocycles. The summed E-state index contributed by atoms with van der Waals surface area (Å²) in [6, 6.07) is 5.57. The minimum atomic E-state index is -1.58. The maximum Gasteiger partial charge on any atom is 0.407 e. The van der Waals surface area contributed by atoms with Gasteiger partial charge in [-0.3, -0.25) is 0 Å². The van der Waals surface area contributed by atoms with Crippen LogP contribution in [0.15, 0.2) is 18.2 Å². The van der Waals surface area contributed by atoms with Gasteiger partial charge >= 0.3 is 6.09 Å². The number of amides is 1. The minimum absolute atomic E-state index is 0.211. The highest BCUT2D eigenvalue weighted by molar-refractivity contribution is 5.67. The fourth-order valence-electron chi connectivity index (χ4n) is 1.69. The zero-order valence-electron chi connectivity index (χ0n) is 12.6. The number of carbonyl (C=O) groups is 1. The van der Waals surface area contributed by atoms with E-state index in [4.69, 9.17) is 10.00 Å². The molecule has 3 N–H and O–H groups in total. The number of benzene rings is 1. The van der Waals surface area contributed by atoms with Crippen molar-refractivity contribution >= 4 is 6.09 Å². The predicted molar refractivity (Wildman–Crippen MR) is 76.3 cm³/mol. The van der Waals surface area contributed by atoms with Gasteiger partial charge in [0.1, 0.15) is 29.7 Å². The van der Waals surface area contributed by atoms with Gasteiger partial charge in [0.2, 0.25) is 0 Å². The van der Waals surface area contributed by atoms with Crippen molar-refractivity contribution in [3.63, 3.8) is 0 Å². The lowest BCUT2D eigenvalue weighted by Gasteiger charge is -2.22. The number of rotatable bonds is 4. The lowest BCUT2D eigenvalue weighted by molar-refractivity contribution is 0.0113. The van der Waals surface area contributed by atoms with Gasteiger partial charge in [-0.25, -0.2) is 9.18 Å². The Morgan fingerprint density at radius 2 is 2.09 bits per heavy atom. The van der Waals surface area contributed by atoms with Crippen LogP contribution in [0.25, 0.3) is 0 Å². The predicted octanol–water partition coefficient (Wildman–Crippen LogP) is 1.62. The second-order valence-electron chi connectivity index (χ2n) is 5.72. The third-order valence-electron chi connectivity index (χ3n) is 2.69. The zero-order chi connectivity index (χ0) is 16.9. The van der Waals surface area contributed by atoms with Gasteiger partial charge in [0.25, 0.3) is 0 Å². The quantitative estimate of drug-likeness (QED) is 0.784. The molecule has 0 heterocycles. The first-order valence-corrected chi connectivity index (χ1v) is 6.67. The summed E-state index contributed by atoms with van der Waals surface area (Å²) in [6.07, 6.45) is -3.79. The van der Waals surface area contributed by atoms with E-state index in [9.17, 15) is 19.4 Å². The highest BCUT2D eigenvalue weighted by atomic mass is 19.1. The summed E-state index contributed by atoms with van der Waals surface area (Å²) >= 11 is 0. The zero-order valence-corrected chi connectivity index (χ0v) is 12.6. The number of aliphatic hydroxyl groups is 2. The van der Waals surface area contributed by atoms with Gasteiger partial charge in [0.05, 0.1) is 5.56 Å². The molecule has 1 amide bonds. The maximum atomic E-state index is 13.9. The molecule has 1 aromatic carbocycles. The molecule has 6 nitrogen and oxygen atoms in total. The highest BCUT2D eigenvalue weighted by Gasteiger charge is 2.24. The number of nitrogens with one attached hydrogen (secondary N) is 1. The molecule has 120 valence electrons. The average Bonchev–Trinajstić information content (AvgIpc) is 2.42. The van der Waals surface area contributed by atoms with Crippen molar-refractivity contribution in [1.29, 1.82) is 5.26 Å². The Morgan fingerprint density at radius 3 is 2.64 bits per heavy atom. The molecule has 0 saturated carbocycles. The highest BCUT2D eigenvalue weighted by Crippen LogP contribution is 2.22. The fourth-order valence-corrected chi connectivity index (χ4v) is 1.69. The third kappa shape index (κ3) is 4.98. The molecular formula is C15H19FN2O4. The molecule has 0 fully saturated rings. The minimum Gasteiger partial charge on any atom is -0.444 e. The molecule has 1 rings (SSSR count). The van der Waals surface area contributed by atoms with Crippen LogP contribution in [-0.4, -0.2) is 34.6 Å². The molecule has 0 aromatic heterocycles. The fraction of sp³-hybridized carbons (Fsp3) is 0.467. The number of aliphatic hydroxyl groups excluding tert-OH is 2. The Hall–Kier alpha value is -2.17. The van der Waals surface area contributed by atoms with E-state index in [0.29, 0.717) is 0 Å². The molecule has 0 bridgehead atoms. The molecule has 0 radical (unpaired) electrons. The number of carbonyl (C=O) groups excluding carboxylic acids is 1. The van der Waals surface area contributed by atoms with Crippen LogP contribution in [0.5, 0.6) is 0 Å². The monoisotopic (exact) mass is 310 g/mol. The van der Waals surface area contributed by atoms with Crippen LogP contribution in [-0.2, 0) is 4.74 Å². The van der Waals surface area contributed by atoms with E-state index < -0.39 is 29.7 Å². The van der Waals surface area contributed by atoms with Crippen molar-refractivity contribution in [2.75, 3.05) is 6.54 Å². The summed E-state index contributed by atoms with van der Waals surface area (Å²) in [5.74, 6) is -0.895. The number of hydrogen-bond donors (Lipinski definition) is 3. The molecule has 7 heteroatoms. The third-order valence-corrected chi connectivity index (χ3v) is 2.69. The number of hydrogen-bond acceptors (Lipinski definition) is 5. The standard InChI is InChI=1S/C15H19FN2O4/c1-15(2,3)22-14(21)18-8-11(19)13(20)10-6-4-5-9(7-17)12(10)16/h4-6,11,13,19-20H,8H2,1-3H3,(H,18,21). The van der Waals surface area contributed by atoms with Crippen LogP contribution in [0, 0.1) is 17.1 Å². The molecule has 0 aliphatic rings. The van der Waals surface area contributed by atoms with E-state index in [2.05, 4.69) is 5.32 Å². The summed E-state index contributed by atoms with van der Waals surface area (Å²) in [5, 5.41) is 30.8. The van der Waals surface area contributed by atoms with Crippen molar-refractivity contribution in [3.05, 3.63) is 35.1 Å². The first kappa shape index (κ1) is 17.9. The number of halogens is 1. The van der Waals surface area contributed by atoms with E-state index in [-0.39, 0.29) is 17.7 Å². The van der Waals surface area contributed by atoms with Crippen LogP contribution >= 0.6 is 0 Å². The summed E-state index contributed by atoms with van der Waals surface area (Å²) < 4.78 is 18.9. The van der Waals surface area contributed by atoms with Gasteiger partial charge in [-0.15, -0.1) is 0 Å². The molecule has 0 spiro atoms. The molecule has 2 unspecified atom stereocenters. The van der Waals surface area contributed by atoms with Gasteiger partial charge in [-0.1, -0.05) is 12.1 Å². The number of nitriles is 1. The van der Waals surface area contributed by atoms with Crippen molar-refractivity contribution in [2.45, 2.75) is 38.6 Å². The molecule has 22 heavy (non-hydrogen) atoms. The first-order chi connectivity index (χ1) is 10.2. The van der Waals surface area contributed by atoms with Crippen LogP contribution in [0.4, 0.5) is 9.18 Å². The maximum absolute atomic E-state index is 13.9. The van der Waals surface area contributed by atoms with Crippen LogP contribution in [0.1, 0.15) is 38.0 Å². The first-order valence-electron chi connectivity index (χ1n) is 6.67. The van der Waals surface area contributed by atoms with Crippen LogP contribution in [0.2, 0.25) is 0 Å². The number of ether oxygens (including phenoxy) is 1. The van der Waals surface area contributed by atoms with Gasteiger partial charge in [0, 0.05) is 12.1 Å². The molecule has 1 aromatic rings. The van der Waals surface area contributed by atoms with E-state index in [1.165, 1.54) is 18.2 Å². The summed E-state index contributed by atoms with van der Waals surface area (Å²) in [6.45, 7) is 4.72. The van der Waals surface area contributed by atoms with Crippen molar-refractivity contribution in [1.82, 2.24) is 5.32 Å². The summed E-state index contributed by atoms with van der Waals surface area (Å²) in [5.41, 5.74) is -1.14. The van der Waals surface area contributed by atoms with E-state index in [1.54, 1.807) is 26.8 Å². The normalized spacial score (nSPS) is 13.9. The van der Waals surface area contributed by atoms with Gasteiger partial charge in [-0.2, -0.15) is 5.26 Å². The van der Waals surface area contributed by atoms with E-state index in [0.717, 1.165) is 0 Å². The SMILES string of the molecule is CC(C)(C)OC(=O)NCC(O)C(O)c1cccc(C#N)c1F. The Labute approximate surface area is 128 Å². The number of nitrogens with zero attached hydrogens (tertiary/aromatic N) is 1. The van der Waals surface area contributed by atoms with Crippen molar-refractivity contribution in [2.24, 2.45) is 0 Å². The van der Waals surface area contributed by atoms with E-state index >= 15 is 0 Å². The Bertz CT molecular complexity index is 578. The van der Waals surface area contributed by atoms with Crippen molar-refractivity contribution in [3.8, 4) is 6.07 Å².